The molecule has 106 valence electrons. The van der Waals surface area contributed by atoms with Crippen molar-refractivity contribution in [3.63, 3.8) is 0 Å². The van der Waals surface area contributed by atoms with Crippen LogP contribution in [0.15, 0.2) is 18.2 Å². The maximum absolute atomic E-state index is 12.4. The van der Waals surface area contributed by atoms with E-state index in [4.69, 9.17) is 0 Å². The summed E-state index contributed by atoms with van der Waals surface area (Å²) in [6.45, 7) is 14.3. The van der Waals surface area contributed by atoms with Gasteiger partial charge in [0.2, 0.25) is 0 Å². The number of nitrogens with zero attached hydrogens (tertiary/aromatic N) is 1. The topological polar surface area (TPSA) is 29.1 Å². The van der Waals surface area contributed by atoms with Crippen LogP contribution in [0, 0.1) is 13.8 Å². The van der Waals surface area contributed by atoms with Gasteiger partial charge >= 0.3 is 0 Å². The number of quaternary nitrogens is 1. The summed E-state index contributed by atoms with van der Waals surface area (Å²) in [5.41, 5.74) is 2.91. The van der Waals surface area contributed by atoms with Gasteiger partial charge in [0.25, 0.3) is 5.91 Å². The minimum atomic E-state index is 0.0495. The summed E-state index contributed by atoms with van der Waals surface area (Å²) in [6, 6.07) is 5.97. The van der Waals surface area contributed by atoms with E-state index in [2.05, 4.69) is 26.1 Å². The monoisotopic (exact) mass is 263 g/mol. The lowest BCUT2D eigenvalue weighted by Crippen LogP contribution is -2.54. The third-order valence-corrected chi connectivity index (χ3v) is 4.30. The number of carbonyl (C=O) groups is 1. The van der Waals surface area contributed by atoms with Gasteiger partial charge in [-0.3, -0.25) is 4.79 Å². The molecule has 3 nitrogen and oxygen atoms in total. The smallest absolute Gasteiger partial charge is 0.256 e. The predicted octanol–water partition coefficient (Wildman–Crippen LogP) is 2.87. The average molecular weight is 263 g/mol. The van der Waals surface area contributed by atoms with Crippen LogP contribution in [-0.2, 0) is 0 Å². The molecule has 0 unspecified atom stereocenters. The molecule has 0 aliphatic rings. The molecule has 0 saturated heterocycles. The number of benzene rings is 1. The lowest BCUT2D eigenvalue weighted by atomic mass is 10.0. The van der Waals surface area contributed by atoms with E-state index >= 15 is 0 Å². The molecule has 0 aliphatic heterocycles. The van der Waals surface area contributed by atoms with Crippen LogP contribution in [0.1, 0.15) is 42.3 Å². The van der Waals surface area contributed by atoms with E-state index < -0.39 is 0 Å². The number of nitrogens with one attached hydrogen (secondary N) is 1. The van der Waals surface area contributed by atoms with Crippen molar-refractivity contribution < 1.29 is 9.28 Å². The Hall–Kier alpha value is -1.35. The molecule has 1 amide bonds. The Balaban J connectivity index is 2.81. The SMILES string of the molecule is CC[N+](CC)(CC)CNC(=O)c1c(C)cccc1C. The standard InChI is InChI=1S/C16H26N2O/c1-6-18(7-2,8-3)12-17-16(19)15-13(4)10-9-11-14(15)5/h9-11H,6-8,12H2,1-5H3/p+1. The first kappa shape index (κ1) is 15.7. The van der Waals surface area contributed by atoms with Gasteiger partial charge in [0, 0.05) is 5.56 Å². The summed E-state index contributed by atoms with van der Waals surface area (Å²) < 4.78 is 0.927. The molecule has 0 heterocycles. The summed E-state index contributed by atoms with van der Waals surface area (Å²) in [6.07, 6.45) is 0. The zero-order chi connectivity index (χ0) is 14.5. The molecule has 3 heteroatoms. The van der Waals surface area contributed by atoms with Gasteiger partial charge in [0.05, 0.1) is 19.6 Å². The zero-order valence-electron chi connectivity index (χ0n) is 12.9. The summed E-state index contributed by atoms with van der Waals surface area (Å²) >= 11 is 0. The molecule has 19 heavy (non-hydrogen) atoms. The van der Waals surface area contributed by atoms with Gasteiger partial charge in [-0.15, -0.1) is 0 Å². The van der Waals surface area contributed by atoms with Crippen molar-refractivity contribution in [1.29, 1.82) is 0 Å². The molecule has 0 atom stereocenters. The Bertz CT molecular complexity index is 408. The van der Waals surface area contributed by atoms with Crippen molar-refractivity contribution >= 4 is 5.91 Å². The van der Waals surface area contributed by atoms with E-state index in [0.29, 0.717) is 6.67 Å². The molecular formula is C16H27N2O+. The van der Waals surface area contributed by atoms with E-state index in [0.717, 1.165) is 40.8 Å². The molecule has 0 bridgehead atoms. The van der Waals surface area contributed by atoms with E-state index in [1.807, 2.05) is 32.0 Å². The highest BCUT2D eigenvalue weighted by molar-refractivity contribution is 5.96. The predicted molar refractivity (Wildman–Crippen MR) is 80.1 cm³/mol. The first-order valence-electron chi connectivity index (χ1n) is 7.19. The fourth-order valence-electron chi connectivity index (χ4n) is 2.51. The average Bonchev–Trinajstić information content (AvgIpc) is 2.41. The van der Waals surface area contributed by atoms with Crippen LogP contribution in [0.4, 0.5) is 0 Å². The second-order valence-corrected chi connectivity index (χ2v) is 5.22. The zero-order valence-corrected chi connectivity index (χ0v) is 12.9. The van der Waals surface area contributed by atoms with Crippen molar-refractivity contribution in [3.8, 4) is 0 Å². The number of amides is 1. The molecule has 0 radical (unpaired) electrons. The van der Waals surface area contributed by atoms with Crippen molar-refractivity contribution in [2.75, 3.05) is 26.3 Å². The van der Waals surface area contributed by atoms with Gasteiger partial charge in [-0.05, 0) is 45.7 Å². The van der Waals surface area contributed by atoms with Gasteiger partial charge < -0.3 is 9.80 Å². The quantitative estimate of drug-likeness (QED) is 0.620. The number of carbonyl (C=O) groups excluding carboxylic acids is 1. The lowest BCUT2D eigenvalue weighted by molar-refractivity contribution is -0.924. The van der Waals surface area contributed by atoms with Crippen LogP contribution in [0.25, 0.3) is 0 Å². The highest BCUT2D eigenvalue weighted by Crippen LogP contribution is 2.13. The van der Waals surface area contributed by atoms with Crippen LogP contribution >= 0.6 is 0 Å². The minimum absolute atomic E-state index is 0.0495. The molecule has 0 aliphatic carbocycles. The molecule has 1 aromatic rings. The third-order valence-electron chi connectivity index (χ3n) is 4.30. The summed E-state index contributed by atoms with van der Waals surface area (Å²) in [7, 11) is 0. The second-order valence-electron chi connectivity index (χ2n) is 5.22. The molecule has 0 fully saturated rings. The highest BCUT2D eigenvalue weighted by Gasteiger charge is 2.22. The molecule has 0 spiro atoms. The fourth-order valence-corrected chi connectivity index (χ4v) is 2.51. The van der Waals surface area contributed by atoms with Crippen molar-refractivity contribution in [2.24, 2.45) is 0 Å². The Morgan fingerprint density at radius 3 is 1.95 bits per heavy atom. The maximum atomic E-state index is 12.4. The van der Waals surface area contributed by atoms with Gasteiger partial charge in [-0.1, -0.05) is 18.2 Å². The Morgan fingerprint density at radius 2 is 1.53 bits per heavy atom. The van der Waals surface area contributed by atoms with Crippen LogP contribution in [0.5, 0.6) is 0 Å². The number of aryl methyl sites for hydroxylation is 2. The second kappa shape index (κ2) is 6.71. The molecule has 1 rings (SSSR count). The van der Waals surface area contributed by atoms with E-state index in [9.17, 15) is 4.79 Å². The van der Waals surface area contributed by atoms with Gasteiger partial charge in [-0.25, -0.2) is 0 Å². The lowest BCUT2D eigenvalue weighted by Gasteiger charge is -2.35. The largest absolute Gasteiger partial charge is 0.307 e. The number of hydrogen-bond donors (Lipinski definition) is 1. The molecule has 1 aromatic carbocycles. The van der Waals surface area contributed by atoms with Gasteiger partial charge in [0.1, 0.15) is 0 Å². The molecule has 0 saturated carbocycles. The third kappa shape index (κ3) is 3.57. The Kier molecular flexibility index (Phi) is 5.55. The van der Waals surface area contributed by atoms with Crippen LogP contribution < -0.4 is 5.32 Å². The van der Waals surface area contributed by atoms with Crippen LogP contribution in [0.3, 0.4) is 0 Å². The molecular weight excluding hydrogens is 236 g/mol. The van der Waals surface area contributed by atoms with Crippen LogP contribution in [0.2, 0.25) is 0 Å². The van der Waals surface area contributed by atoms with Crippen LogP contribution in [-0.4, -0.2) is 36.7 Å². The normalized spacial score (nSPS) is 11.4. The minimum Gasteiger partial charge on any atom is -0.307 e. The molecule has 1 N–H and O–H groups in total. The summed E-state index contributed by atoms with van der Waals surface area (Å²) in [5, 5.41) is 3.11. The maximum Gasteiger partial charge on any atom is 0.256 e. The van der Waals surface area contributed by atoms with E-state index in [1.165, 1.54) is 0 Å². The van der Waals surface area contributed by atoms with Crippen molar-refractivity contribution in [3.05, 3.63) is 34.9 Å². The van der Waals surface area contributed by atoms with Crippen molar-refractivity contribution in [2.45, 2.75) is 34.6 Å². The Labute approximate surface area is 117 Å². The van der Waals surface area contributed by atoms with E-state index in [-0.39, 0.29) is 5.91 Å². The van der Waals surface area contributed by atoms with Gasteiger partial charge in [-0.2, -0.15) is 0 Å². The summed E-state index contributed by atoms with van der Waals surface area (Å²) in [4.78, 5) is 12.4. The first-order valence-corrected chi connectivity index (χ1v) is 7.19. The highest BCUT2D eigenvalue weighted by atomic mass is 16.1. The van der Waals surface area contributed by atoms with Gasteiger partial charge in [0.15, 0.2) is 6.67 Å². The Morgan fingerprint density at radius 1 is 1.05 bits per heavy atom. The molecule has 0 aromatic heterocycles. The summed E-state index contributed by atoms with van der Waals surface area (Å²) in [5.74, 6) is 0.0495. The van der Waals surface area contributed by atoms with Crippen molar-refractivity contribution in [1.82, 2.24) is 5.32 Å². The first-order chi connectivity index (χ1) is 8.99. The number of hydrogen-bond acceptors (Lipinski definition) is 1. The van der Waals surface area contributed by atoms with E-state index in [1.54, 1.807) is 0 Å². The fraction of sp³-hybridized carbons (Fsp3) is 0.562. The number of rotatable bonds is 6.